The standard InChI is InChI=1S/C10H15N/c1-7(2)10-5-9(6-11)4-8(10)3/h5,7-8,10H,4H2,1-3H3/t8-,10?/m1/s1. The lowest BCUT2D eigenvalue weighted by molar-refractivity contribution is 0.357. The third-order valence-electron chi connectivity index (χ3n) is 2.51. The summed E-state index contributed by atoms with van der Waals surface area (Å²) in [6, 6.07) is 2.24. The lowest BCUT2D eigenvalue weighted by Crippen LogP contribution is -2.10. The summed E-state index contributed by atoms with van der Waals surface area (Å²) in [7, 11) is 0. The van der Waals surface area contributed by atoms with Crippen molar-refractivity contribution in [3.8, 4) is 6.07 Å². The summed E-state index contributed by atoms with van der Waals surface area (Å²) in [5.74, 6) is 1.98. The van der Waals surface area contributed by atoms with Gasteiger partial charge in [-0.2, -0.15) is 5.26 Å². The van der Waals surface area contributed by atoms with Gasteiger partial charge in [0.2, 0.25) is 0 Å². The molecule has 0 amide bonds. The van der Waals surface area contributed by atoms with Crippen LogP contribution >= 0.6 is 0 Å². The highest BCUT2D eigenvalue weighted by Gasteiger charge is 2.25. The van der Waals surface area contributed by atoms with Gasteiger partial charge in [-0.25, -0.2) is 0 Å². The molecular formula is C10H15N. The van der Waals surface area contributed by atoms with Crippen LogP contribution in [0.3, 0.4) is 0 Å². The molecule has 0 aromatic heterocycles. The van der Waals surface area contributed by atoms with Crippen LogP contribution in [-0.4, -0.2) is 0 Å². The molecule has 0 aromatic rings. The Bertz CT molecular complexity index is 207. The third-order valence-corrected chi connectivity index (χ3v) is 2.51. The predicted octanol–water partition coefficient (Wildman–Crippen LogP) is 2.75. The third kappa shape index (κ3) is 1.63. The highest BCUT2D eigenvalue weighted by molar-refractivity contribution is 5.27. The van der Waals surface area contributed by atoms with Crippen LogP contribution in [0.4, 0.5) is 0 Å². The van der Waals surface area contributed by atoms with Crippen molar-refractivity contribution in [3.05, 3.63) is 11.6 Å². The molecule has 11 heavy (non-hydrogen) atoms. The second kappa shape index (κ2) is 3.09. The zero-order valence-electron chi connectivity index (χ0n) is 7.46. The average molecular weight is 149 g/mol. The van der Waals surface area contributed by atoms with Crippen molar-refractivity contribution in [1.82, 2.24) is 0 Å². The normalized spacial score (nSPS) is 30.3. The first-order valence-corrected chi connectivity index (χ1v) is 4.26. The minimum atomic E-state index is 0.629. The fourth-order valence-corrected chi connectivity index (χ4v) is 1.88. The molecule has 0 bridgehead atoms. The Kier molecular flexibility index (Phi) is 2.34. The van der Waals surface area contributed by atoms with Crippen molar-refractivity contribution in [3.63, 3.8) is 0 Å². The minimum Gasteiger partial charge on any atom is -0.193 e. The first kappa shape index (κ1) is 8.33. The molecule has 0 saturated carbocycles. The fraction of sp³-hybridized carbons (Fsp3) is 0.700. The molecule has 60 valence electrons. The zero-order valence-corrected chi connectivity index (χ0v) is 7.46. The maximum absolute atomic E-state index is 8.67. The second-order valence-electron chi connectivity index (χ2n) is 3.81. The maximum atomic E-state index is 8.67. The highest BCUT2D eigenvalue weighted by atomic mass is 14.3. The van der Waals surface area contributed by atoms with E-state index in [0.717, 1.165) is 12.0 Å². The van der Waals surface area contributed by atoms with Crippen molar-refractivity contribution >= 4 is 0 Å². The summed E-state index contributed by atoms with van der Waals surface area (Å²) in [6.07, 6.45) is 3.13. The Morgan fingerprint density at radius 1 is 1.64 bits per heavy atom. The summed E-state index contributed by atoms with van der Waals surface area (Å²) in [6.45, 7) is 6.67. The Morgan fingerprint density at radius 2 is 2.27 bits per heavy atom. The zero-order chi connectivity index (χ0) is 8.43. The first-order valence-electron chi connectivity index (χ1n) is 4.26. The molecule has 0 saturated heterocycles. The van der Waals surface area contributed by atoms with Crippen LogP contribution in [0.1, 0.15) is 27.2 Å². The van der Waals surface area contributed by atoms with E-state index < -0.39 is 0 Å². The SMILES string of the molecule is CC(C)C1C=C(C#N)C[C@H]1C. The lowest BCUT2D eigenvalue weighted by Gasteiger charge is -2.17. The quantitative estimate of drug-likeness (QED) is 0.562. The van der Waals surface area contributed by atoms with E-state index in [1.54, 1.807) is 0 Å². The Hall–Kier alpha value is -0.770. The van der Waals surface area contributed by atoms with E-state index in [1.807, 2.05) is 0 Å². The Balaban J connectivity index is 2.70. The maximum Gasteiger partial charge on any atom is 0.0943 e. The van der Waals surface area contributed by atoms with Crippen molar-refractivity contribution in [2.45, 2.75) is 27.2 Å². The number of allylic oxidation sites excluding steroid dienone is 2. The largest absolute Gasteiger partial charge is 0.193 e. The van der Waals surface area contributed by atoms with Gasteiger partial charge in [-0.1, -0.05) is 26.8 Å². The van der Waals surface area contributed by atoms with Crippen LogP contribution in [0.2, 0.25) is 0 Å². The van der Waals surface area contributed by atoms with Crippen LogP contribution < -0.4 is 0 Å². The van der Waals surface area contributed by atoms with Gasteiger partial charge in [-0.3, -0.25) is 0 Å². The highest BCUT2D eigenvalue weighted by Crippen LogP contribution is 2.34. The molecule has 0 spiro atoms. The molecule has 1 aliphatic rings. The van der Waals surface area contributed by atoms with Crippen LogP contribution in [0.15, 0.2) is 11.6 Å². The first-order chi connectivity index (χ1) is 5.15. The number of hydrogen-bond donors (Lipinski definition) is 0. The molecule has 0 N–H and O–H groups in total. The minimum absolute atomic E-state index is 0.629. The van der Waals surface area contributed by atoms with E-state index in [9.17, 15) is 0 Å². The summed E-state index contributed by atoms with van der Waals surface area (Å²) in [5.41, 5.74) is 0.983. The van der Waals surface area contributed by atoms with Crippen molar-refractivity contribution in [1.29, 1.82) is 5.26 Å². The molecule has 0 aliphatic heterocycles. The molecule has 2 atom stereocenters. The second-order valence-corrected chi connectivity index (χ2v) is 3.81. The molecule has 1 rings (SSSR count). The van der Waals surface area contributed by atoms with E-state index in [0.29, 0.717) is 17.8 Å². The van der Waals surface area contributed by atoms with Gasteiger partial charge in [0.05, 0.1) is 6.07 Å². The molecule has 0 radical (unpaired) electrons. The number of nitrogens with zero attached hydrogens (tertiary/aromatic N) is 1. The summed E-state index contributed by atoms with van der Waals surface area (Å²) in [4.78, 5) is 0. The Labute approximate surface area is 68.7 Å². The van der Waals surface area contributed by atoms with Gasteiger partial charge in [0, 0.05) is 5.57 Å². The van der Waals surface area contributed by atoms with Gasteiger partial charge in [0.25, 0.3) is 0 Å². The van der Waals surface area contributed by atoms with E-state index >= 15 is 0 Å². The van der Waals surface area contributed by atoms with Gasteiger partial charge >= 0.3 is 0 Å². The van der Waals surface area contributed by atoms with Gasteiger partial charge in [0.1, 0.15) is 0 Å². The van der Waals surface area contributed by atoms with Crippen LogP contribution in [0.25, 0.3) is 0 Å². The van der Waals surface area contributed by atoms with E-state index in [4.69, 9.17) is 5.26 Å². The number of nitriles is 1. The summed E-state index contributed by atoms with van der Waals surface area (Å²) < 4.78 is 0. The fourth-order valence-electron chi connectivity index (χ4n) is 1.88. The lowest BCUT2D eigenvalue weighted by atomic mass is 9.88. The molecular weight excluding hydrogens is 134 g/mol. The van der Waals surface area contributed by atoms with Crippen molar-refractivity contribution in [2.24, 2.45) is 17.8 Å². The van der Waals surface area contributed by atoms with Gasteiger partial charge in [-0.05, 0) is 24.2 Å². The molecule has 1 heteroatoms. The van der Waals surface area contributed by atoms with Crippen LogP contribution in [0, 0.1) is 29.1 Å². The summed E-state index contributed by atoms with van der Waals surface area (Å²) in [5, 5.41) is 8.67. The van der Waals surface area contributed by atoms with E-state index in [2.05, 4.69) is 32.9 Å². The summed E-state index contributed by atoms with van der Waals surface area (Å²) >= 11 is 0. The predicted molar refractivity (Wildman–Crippen MR) is 45.8 cm³/mol. The molecule has 0 fully saturated rings. The topological polar surface area (TPSA) is 23.8 Å². The van der Waals surface area contributed by atoms with Crippen molar-refractivity contribution < 1.29 is 0 Å². The van der Waals surface area contributed by atoms with Crippen LogP contribution in [-0.2, 0) is 0 Å². The molecule has 1 aliphatic carbocycles. The average Bonchev–Trinajstić information content (AvgIpc) is 2.30. The Morgan fingerprint density at radius 3 is 2.55 bits per heavy atom. The van der Waals surface area contributed by atoms with E-state index in [1.165, 1.54) is 0 Å². The molecule has 0 aromatic carbocycles. The molecule has 1 nitrogen and oxygen atoms in total. The van der Waals surface area contributed by atoms with Gasteiger partial charge in [0.15, 0.2) is 0 Å². The van der Waals surface area contributed by atoms with Gasteiger partial charge < -0.3 is 0 Å². The van der Waals surface area contributed by atoms with Gasteiger partial charge in [-0.15, -0.1) is 0 Å². The van der Waals surface area contributed by atoms with Crippen molar-refractivity contribution in [2.75, 3.05) is 0 Å². The molecule has 1 unspecified atom stereocenters. The number of rotatable bonds is 1. The monoisotopic (exact) mass is 149 g/mol. The molecule has 0 heterocycles. The number of hydrogen-bond acceptors (Lipinski definition) is 1. The smallest absolute Gasteiger partial charge is 0.0943 e. The van der Waals surface area contributed by atoms with Crippen LogP contribution in [0.5, 0.6) is 0 Å². The van der Waals surface area contributed by atoms with E-state index in [-0.39, 0.29) is 0 Å².